The first-order valence-electron chi connectivity index (χ1n) is 9.36. The molecule has 2 saturated carbocycles. The van der Waals surface area contributed by atoms with Crippen molar-refractivity contribution < 1.29 is 5.11 Å². The van der Waals surface area contributed by atoms with E-state index in [-0.39, 0.29) is 0 Å². The molecule has 3 unspecified atom stereocenters. The second kappa shape index (κ2) is 5.01. The Morgan fingerprint density at radius 3 is 2.82 bits per heavy atom. The Morgan fingerprint density at radius 1 is 1.23 bits per heavy atom. The van der Waals surface area contributed by atoms with Crippen LogP contribution < -0.4 is 0 Å². The second-order valence-corrected chi connectivity index (χ2v) is 8.57. The molecule has 0 amide bonds. The number of fused-ring (bicyclic) bond motifs is 5. The van der Waals surface area contributed by atoms with E-state index in [0.29, 0.717) is 11.2 Å². The number of hydrogen-bond acceptors (Lipinski definition) is 1. The first-order chi connectivity index (χ1) is 10.5. The fraction of sp³-hybridized carbons (Fsp3) is 0.714. The van der Waals surface area contributed by atoms with E-state index in [1.165, 1.54) is 44.1 Å². The number of benzene rings is 1. The number of rotatable bonds is 1. The van der Waals surface area contributed by atoms with Crippen LogP contribution in [0.4, 0.5) is 0 Å². The molecule has 1 aromatic carbocycles. The molecule has 2 fully saturated rings. The summed E-state index contributed by atoms with van der Waals surface area (Å²) in [6, 6.07) is 6.18. The van der Waals surface area contributed by atoms with Crippen LogP contribution in [0.2, 0.25) is 0 Å². The summed E-state index contributed by atoms with van der Waals surface area (Å²) in [5.74, 6) is 4.71. The molecule has 0 heterocycles. The van der Waals surface area contributed by atoms with Crippen molar-refractivity contribution in [3.63, 3.8) is 0 Å². The van der Waals surface area contributed by atoms with Gasteiger partial charge in [0.2, 0.25) is 0 Å². The van der Waals surface area contributed by atoms with E-state index >= 15 is 0 Å². The summed E-state index contributed by atoms with van der Waals surface area (Å²) >= 11 is 0. The lowest BCUT2D eigenvalue weighted by Gasteiger charge is -2.53. The Balaban J connectivity index is 1.77. The molecule has 1 heteroatoms. The van der Waals surface area contributed by atoms with E-state index in [0.717, 1.165) is 29.6 Å². The van der Waals surface area contributed by atoms with Crippen molar-refractivity contribution in [2.75, 3.05) is 0 Å². The van der Waals surface area contributed by atoms with E-state index in [2.05, 4.69) is 26.8 Å². The predicted molar refractivity (Wildman–Crippen MR) is 91.1 cm³/mol. The molecule has 0 aromatic heterocycles. The van der Waals surface area contributed by atoms with Gasteiger partial charge in [0.15, 0.2) is 0 Å². The molecule has 22 heavy (non-hydrogen) atoms. The minimum Gasteiger partial charge on any atom is -0.508 e. The van der Waals surface area contributed by atoms with E-state index in [1.54, 1.807) is 5.56 Å². The largest absolute Gasteiger partial charge is 0.508 e. The zero-order chi connectivity index (χ0) is 15.5. The summed E-state index contributed by atoms with van der Waals surface area (Å²) in [5.41, 5.74) is 3.58. The van der Waals surface area contributed by atoms with Crippen LogP contribution in [-0.4, -0.2) is 5.11 Å². The van der Waals surface area contributed by atoms with Crippen LogP contribution in [0, 0.1) is 29.1 Å². The van der Waals surface area contributed by atoms with Gasteiger partial charge in [-0.1, -0.05) is 33.3 Å². The van der Waals surface area contributed by atoms with Crippen molar-refractivity contribution in [3.8, 4) is 5.75 Å². The third kappa shape index (κ3) is 1.90. The van der Waals surface area contributed by atoms with Crippen LogP contribution in [0.15, 0.2) is 18.2 Å². The van der Waals surface area contributed by atoms with Crippen molar-refractivity contribution in [2.24, 2.45) is 29.1 Å². The molecule has 4 rings (SSSR count). The molecule has 0 spiro atoms. The zero-order valence-electron chi connectivity index (χ0n) is 14.3. The molecule has 120 valence electrons. The average Bonchev–Trinajstić information content (AvgIpc) is 2.81. The van der Waals surface area contributed by atoms with Crippen LogP contribution in [0.25, 0.3) is 0 Å². The van der Waals surface area contributed by atoms with Crippen LogP contribution in [-0.2, 0) is 6.42 Å². The molecule has 0 saturated heterocycles. The fourth-order valence-corrected chi connectivity index (χ4v) is 6.44. The number of phenolic OH excluding ortho intramolecular Hbond substituents is 1. The standard InChI is InChI=1S/C21H30O/c1-4-14-11-15-12-16(22)6-7-17(15)18-9-10-21(3)13(2)5-8-19(21)20(14)18/h6-7,12-14,18-20,22H,4-5,8-11H2,1-3H3/t13-,14-,18?,19?,20?,21+/m0/s1. The van der Waals surface area contributed by atoms with Gasteiger partial charge in [0, 0.05) is 0 Å². The Labute approximate surface area is 135 Å². The summed E-state index contributed by atoms with van der Waals surface area (Å²) in [5, 5.41) is 9.87. The van der Waals surface area contributed by atoms with Crippen molar-refractivity contribution in [2.45, 2.75) is 65.2 Å². The normalized spacial score (nSPS) is 43.3. The first-order valence-corrected chi connectivity index (χ1v) is 9.36. The van der Waals surface area contributed by atoms with Gasteiger partial charge in [-0.3, -0.25) is 0 Å². The molecular formula is C21H30O. The number of aromatic hydroxyl groups is 1. The van der Waals surface area contributed by atoms with Gasteiger partial charge in [-0.2, -0.15) is 0 Å². The molecule has 1 N–H and O–H groups in total. The van der Waals surface area contributed by atoms with Crippen LogP contribution in [0.1, 0.15) is 69.9 Å². The van der Waals surface area contributed by atoms with Gasteiger partial charge in [-0.25, -0.2) is 0 Å². The Bertz CT molecular complexity index is 577. The first kappa shape index (κ1) is 14.6. The minimum atomic E-state index is 0.446. The molecule has 3 aliphatic rings. The molecule has 3 aliphatic carbocycles. The van der Waals surface area contributed by atoms with Gasteiger partial charge in [-0.15, -0.1) is 0 Å². The fourth-order valence-electron chi connectivity index (χ4n) is 6.44. The third-order valence-electron chi connectivity index (χ3n) is 7.88. The monoisotopic (exact) mass is 298 g/mol. The topological polar surface area (TPSA) is 20.2 Å². The minimum absolute atomic E-state index is 0.446. The summed E-state index contributed by atoms with van der Waals surface area (Å²) in [4.78, 5) is 0. The lowest BCUT2D eigenvalue weighted by Crippen LogP contribution is -2.45. The van der Waals surface area contributed by atoms with E-state index in [4.69, 9.17) is 0 Å². The summed E-state index contributed by atoms with van der Waals surface area (Å²) in [6.07, 6.45) is 8.11. The third-order valence-corrected chi connectivity index (χ3v) is 7.88. The molecular weight excluding hydrogens is 268 g/mol. The SMILES string of the molecule is CC[C@H]1Cc2cc(O)ccc2C2CC[C@@]3(C)C(CC[C@@H]3C)C21. The molecule has 0 aliphatic heterocycles. The van der Waals surface area contributed by atoms with E-state index < -0.39 is 0 Å². The van der Waals surface area contributed by atoms with Gasteiger partial charge >= 0.3 is 0 Å². The van der Waals surface area contributed by atoms with Crippen molar-refractivity contribution in [3.05, 3.63) is 29.3 Å². The molecule has 1 nitrogen and oxygen atoms in total. The molecule has 6 atom stereocenters. The Morgan fingerprint density at radius 2 is 2.05 bits per heavy atom. The summed E-state index contributed by atoms with van der Waals surface area (Å²) in [6.45, 7) is 7.46. The van der Waals surface area contributed by atoms with Crippen molar-refractivity contribution >= 4 is 0 Å². The maximum atomic E-state index is 9.87. The highest BCUT2D eigenvalue weighted by atomic mass is 16.3. The highest BCUT2D eigenvalue weighted by molar-refractivity contribution is 5.40. The molecule has 1 aromatic rings. The summed E-state index contributed by atoms with van der Waals surface area (Å²) < 4.78 is 0. The smallest absolute Gasteiger partial charge is 0.115 e. The maximum absolute atomic E-state index is 9.87. The number of hydrogen-bond donors (Lipinski definition) is 1. The van der Waals surface area contributed by atoms with Gasteiger partial charge in [0.1, 0.15) is 5.75 Å². The van der Waals surface area contributed by atoms with Crippen molar-refractivity contribution in [1.29, 1.82) is 0 Å². The second-order valence-electron chi connectivity index (χ2n) is 8.57. The van der Waals surface area contributed by atoms with E-state index in [9.17, 15) is 5.11 Å². The van der Waals surface area contributed by atoms with Crippen LogP contribution >= 0.6 is 0 Å². The van der Waals surface area contributed by atoms with Crippen LogP contribution in [0.5, 0.6) is 5.75 Å². The lowest BCUT2D eigenvalue weighted by molar-refractivity contribution is 0.00452. The molecule has 0 radical (unpaired) electrons. The van der Waals surface area contributed by atoms with Gasteiger partial charge in [0.25, 0.3) is 0 Å². The highest BCUT2D eigenvalue weighted by Crippen LogP contribution is 2.64. The average molecular weight is 298 g/mol. The lowest BCUT2D eigenvalue weighted by atomic mass is 9.51. The zero-order valence-corrected chi connectivity index (χ0v) is 14.3. The van der Waals surface area contributed by atoms with Crippen LogP contribution in [0.3, 0.4) is 0 Å². The molecule has 0 bridgehead atoms. The van der Waals surface area contributed by atoms with E-state index in [1.807, 2.05) is 12.1 Å². The van der Waals surface area contributed by atoms with Gasteiger partial charge in [0.05, 0.1) is 0 Å². The Kier molecular flexibility index (Phi) is 3.33. The summed E-state index contributed by atoms with van der Waals surface area (Å²) in [7, 11) is 0. The maximum Gasteiger partial charge on any atom is 0.115 e. The van der Waals surface area contributed by atoms with Gasteiger partial charge < -0.3 is 5.11 Å². The van der Waals surface area contributed by atoms with Crippen molar-refractivity contribution in [1.82, 2.24) is 0 Å². The quantitative estimate of drug-likeness (QED) is 0.723. The van der Waals surface area contributed by atoms with Gasteiger partial charge in [-0.05, 0) is 90.4 Å². The Hall–Kier alpha value is -0.980. The predicted octanol–water partition coefficient (Wildman–Crippen LogP) is 5.52. The number of phenols is 1. The highest BCUT2D eigenvalue weighted by Gasteiger charge is 2.55.